The van der Waals surface area contributed by atoms with E-state index in [0.717, 1.165) is 44.0 Å². The Labute approximate surface area is 165 Å². The standard InChI is InChI=1S/C21H26N6O/c1-17-4-10-24-27(17)13-7-20(28)25-12-2-3-19(16-25)21-23-11-14-26(21)15-18-5-8-22-9-6-18/h4-6,8-11,14,19H,2-3,7,12-13,15-16H2,1H3/t19-/m0/s1. The Kier molecular flexibility index (Phi) is 5.50. The number of piperidine rings is 1. The molecule has 0 saturated carbocycles. The number of pyridine rings is 1. The summed E-state index contributed by atoms with van der Waals surface area (Å²) in [5.74, 6) is 1.55. The van der Waals surface area contributed by atoms with Gasteiger partial charge in [0.25, 0.3) is 0 Å². The molecule has 0 aliphatic carbocycles. The van der Waals surface area contributed by atoms with Gasteiger partial charge in [-0.25, -0.2) is 4.98 Å². The molecular formula is C21H26N6O. The molecule has 1 fully saturated rings. The molecule has 1 atom stereocenters. The number of aryl methyl sites for hydroxylation is 2. The summed E-state index contributed by atoms with van der Waals surface area (Å²) >= 11 is 0. The number of nitrogens with zero attached hydrogens (tertiary/aromatic N) is 6. The fraction of sp³-hybridized carbons (Fsp3) is 0.429. The molecule has 1 aliphatic heterocycles. The van der Waals surface area contributed by atoms with Gasteiger partial charge in [-0.2, -0.15) is 5.10 Å². The van der Waals surface area contributed by atoms with Gasteiger partial charge < -0.3 is 9.47 Å². The zero-order valence-electron chi connectivity index (χ0n) is 16.2. The zero-order chi connectivity index (χ0) is 19.3. The van der Waals surface area contributed by atoms with E-state index >= 15 is 0 Å². The van der Waals surface area contributed by atoms with Crippen molar-refractivity contribution in [3.63, 3.8) is 0 Å². The summed E-state index contributed by atoms with van der Waals surface area (Å²) in [6.45, 7) is 5.00. The van der Waals surface area contributed by atoms with Crippen LogP contribution in [0.1, 0.15) is 42.3 Å². The van der Waals surface area contributed by atoms with Crippen LogP contribution in [0.5, 0.6) is 0 Å². The topological polar surface area (TPSA) is 68.8 Å². The number of rotatable bonds is 6. The highest BCUT2D eigenvalue weighted by atomic mass is 16.2. The predicted molar refractivity (Wildman–Crippen MR) is 106 cm³/mol. The lowest BCUT2D eigenvalue weighted by Gasteiger charge is -2.33. The lowest BCUT2D eigenvalue weighted by Crippen LogP contribution is -2.40. The summed E-state index contributed by atoms with van der Waals surface area (Å²) in [6.07, 6.45) is 11.9. The Balaban J connectivity index is 1.39. The van der Waals surface area contributed by atoms with E-state index in [1.807, 2.05) is 59.5 Å². The summed E-state index contributed by atoms with van der Waals surface area (Å²) in [4.78, 5) is 23.5. The number of hydrogen-bond acceptors (Lipinski definition) is 4. The van der Waals surface area contributed by atoms with Crippen molar-refractivity contribution in [3.8, 4) is 0 Å². The second kappa shape index (κ2) is 8.37. The van der Waals surface area contributed by atoms with Crippen molar-refractivity contribution in [2.75, 3.05) is 13.1 Å². The van der Waals surface area contributed by atoms with Crippen molar-refractivity contribution < 1.29 is 4.79 Å². The molecule has 0 unspecified atom stereocenters. The number of likely N-dealkylation sites (tertiary alicyclic amines) is 1. The van der Waals surface area contributed by atoms with Crippen LogP contribution in [0.2, 0.25) is 0 Å². The van der Waals surface area contributed by atoms with Crippen LogP contribution in [0.15, 0.2) is 49.2 Å². The summed E-state index contributed by atoms with van der Waals surface area (Å²) in [5.41, 5.74) is 2.29. The van der Waals surface area contributed by atoms with E-state index in [4.69, 9.17) is 0 Å². The zero-order valence-corrected chi connectivity index (χ0v) is 16.2. The summed E-state index contributed by atoms with van der Waals surface area (Å²) in [5, 5.41) is 4.27. The molecule has 146 valence electrons. The maximum atomic E-state index is 12.7. The Bertz CT molecular complexity index is 916. The van der Waals surface area contributed by atoms with Crippen LogP contribution in [0.3, 0.4) is 0 Å². The molecule has 1 aliphatic rings. The number of aromatic nitrogens is 5. The number of imidazole rings is 1. The number of carbonyl (C=O) groups excluding carboxylic acids is 1. The third-order valence-electron chi connectivity index (χ3n) is 5.46. The first-order valence-corrected chi connectivity index (χ1v) is 9.87. The highest BCUT2D eigenvalue weighted by Crippen LogP contribution is 2.26. The Hall–Kier alpha value is -2.96. The van der Waals surface area contributed by atoms with Crippen molar-refractivity contribution in [1.82, 2.24) is 29.2 Å². The van der Waals surface area contributed by atoms with Crippen LogP contribution in [0, 0.1) is 6.92 Å². The van der Waals surface area contributed by atoms with Gasteiger partial charge in [0, 0.05) is 75.2 Å². The average molecular weight is 378 g/mol. The quantitative estimate of drug-likeness (QED) is 0.661. The Morgan fingerprint density at radius 3 is 2.82 bits per heavy atom. The minimum atomic E-state index is 0.201. The fourth-order valence-corrected chi connectivity index (χ4v) is 3.91. The van der Waals surface area contributed by atoms with Gasteiger partial charge in [-0.05, 0) is 43.5 Å². The van der Waals surface area contributed by atoms with Crippen LogP contribution in [0.25, 0.3) is 0 Å². The maximum absolute atomic E-state index is 12.7. The number of amides is 1. The molecule has 0 N–H and O–H groups in total. The van der Waals surface area contributed by atoms with Crippen molar-refractivity contribution in [3.05, 3.63) is 66.3 Å². The van der Waals surface area contributed by atoms with E-state index < -0.39 is 0 Å². The molecule has 1 amide bonds. The van der Waals surface area contributed by atoms with E-state index in [1.165, 1.54) is 5.56 Å². The summed E-state index contributed by atoms with van der Waals surface area (Å²) in [6, 6.07) is 6.01. The molecule has 7 nitrogen and oxygen atoms in total. The van der Waals surface area contributed by atoms with Crippen LogP contribution < -0.4 is 0 Å². The molecule has 3 aromatic rings. The van der Waals surface area contributed by atoms with Gasteiger partial charge in [0.2, 0.25) is 5.91 Å². The minimum Gasteiger partial charge on any atom is -0.342 e. The molecule has 7 heteroatoms. The molecule has 4 rings (SSSR count). The minimum absolute atomic E-state index is 0.201. The molecule has 1 saturated heterocycles. The molecule has 4 heterocycles. The van der Waals surface area contributed by atoms with Gasteiger partial charge in [-0.3, -0.25) is 14.5 Å². The normalized spacial score (nSPS) is 17.0. The number of carbonyl (C=O) groups is 1. The first kappa shape index (κ1) is 18.4. The van der Waals surface area contributed by atoms with Crippen LogP contribution >= 0.6 is 0 Å². The second-order valence-corrected chi connectivity index (χ2v) is 7.39. The smallest absolute Gasteiger partial charge is 0.224 e. The average Bonchev–Trinajstić information content (AvgIpc) is 3.36. The van der Waals surface area contributed by atoms with Crippen molar-refractivity contribution in [1.29, 1.82) is 0 Å². The predicted octanol–water partition coefficient (Wildman–Crippen LogP) is 2.63. The van der Waals surface area contributed by atoms with Crippen molar-refractivity contribution in [2.45, 2.75) is 45.2 Å². The van der Waals surface area contributed by atoms with Crippen LogP contribution in [-0.2, 0) is 17.9 Å². The second-order valence-electron chi connectivity index (χ2n) is 7.39. The lowest BCUT2D eigenvalue weighted by atomic mass is 9.96. The number of hydrogen-bond donors (Lipinski definition) is 0. The SMILES string of the molecule is Cc1ccnn1CCC(=O)N1CCC[C@H](c2nccn2Cc2ccncc2)C1. The molecule has 0 radical (unpaired) electrons. The van der Waals surface area contributed by atoms with E-state index in [-0.39, 0.29) is 11.8 Å². The molecule has 0 aromatic carbocycles. The van der Waals surface area contributed by atoms with Gasteiger partial charge in [0.05, 0.1) is 0 Å². The molecule has 0 spiro atoms. The van der Waals surface area contributed by atoms with Gasteiger partial charge >= 0.3 is 0 Å². The van der Waals surface area contributed by atoms with E-state index in [2.05, 4.69) is 19.6 Å². The monoisotopic (exact) mass is 378 g/mol. The van der Waals surface area contributed by atoms with Gasteiger partial charge in [-0.15, -0.1) is 0 Å². The van der Waals surface area contributed by atoms with Crippen molar-refractivity contribution in [2.24, 2.45) is 0 Å². The van der Waals surface area contributed by atoms with E-state index in [9.17, 15) is 4.79 Å². The molecular weight excluding hydrogens is 352 g/mol. The highest BCUT2D eigenvalue weighted by molar-refractivity contribution is 5.76. The van der Waals surface area contributed by atoms with Crippen molar-refractivity contribution >= 4 is 5.91 Å². The fourth-order valence-electron chi connectivity index (χ4n) is 3.91. The highest BCUT2D eigenvalue weighted by Gasteiger charge is 2.27. The van der Waals surface area contributed by atoms with E-state index in [0.29, 0.717) is 13.0 Å². The lowest BCUT2D eigenvalue weighted by molar-refractivity contribution is -0.132. The third-order valence-corrected chi connectivity index (χ3v) is 5.46. The molecule has 28 heavy (non-hydrogen) atoms. The van der Waals surface area contributed by atoms with Gasteiger partial charge in [0.15, 0.2) is 0 Å². The van der Waals surface area contributed by atoms with E-state index in [1.54, 1.807) is 6.20 Å². The summed E-state index contributed by atoms with van der Waals surface area (Å²) in [7, 11) is 0. The largest absolute Gasteiger partial charge is 0.342 e. The first-order valence-electron chi connectivity index (χ1n) is 9.87. The van der Waals surface area contributed by atoms with Crippen LogP contribution in [-0.4, -0.2) is 48.2 Å². The summed E-state index contributed by atoms with van der Waals surface area (Å²) < 4.78 is 4.09. The van der Waals surface area contributed by atoms with Gasteiger partial charge in [0.1, 0.15) is 5.82 Å². The Morgan fingerprint density at radius 1 is 1.18 bits per heavy atom. The molecule has 0 bridgehead atoms. The maximum Gasteiger partial charge on any atom is 0.224 e. The first-order chi connectivity index (χ1) is 13.7. The third kappa shape index (κ3) is 4.13. The molecule has 3 aromatic heterocycles. The van der Waals surface area contributed by atoms with Crippen LogP contribution in [0.4, 0.5) is 0 Å². The van der Waals surface area contributed by atoms with Gasteiger partial charge in [-0.1, -0.05) is 0 Å². The Morgan fingerprint density at radius 2 is 2.04 bits per heavy atom.